The summed E-state index contributed by atoms with van der Waals surface area (Å²) in [6.07, 6.45) is -1.47. The average molecular weight is 294 g/mol. The Kier molecular flexibility index (Phi) is 9.22. The molecule has 0 saturated carbocycles. The molecule has 0 aliphatic rings. The van der Waals surface area contributed by atoms with E-state index in [4.69, 9.17) is 5.11 Å². The quantitative estimate of drug-likeness (QED) is 0.372. The molecule has 3 N–H and O–H groups in total. The summed E-state index contributed by atoms with van der Waals surface area (Å²) in [5.41, 5.74) is -1.03. The van der Waals surface area contributed by atoms with Crippen LogP contribution in [0.2, 0.25) is 0 Å². The van der Waals surface area contributed by atoms with Crippen LogP contribution in [0.1, 0.15) is 13.8 Å². The molecule has 17 heavy (non-hydrogen) atoms. The first-order valence-corrected chi connectivity index (χ1v) is 6.18. The molecule has 0 aromatic carbocycles. The van der Waals surface area contributed by atoms with Gasteiger partial charge in [0.2, 0.25) is 5.91 Å². The summed E-state index contributed by atoms with van der Waals surface area (Å²) >= 11 is 0. The maximum Gasteiger partial charge on any atom is 2.00 e. The first-order valence-electron chi connectivity index (χ1n) is 4.60. The standard InChI is InChI=1S/C8H17NO6S.Ca/c1-8(2,5-10)6(11)7(12)9-3-4-16(13,14)15;/h6,10-11H,3-5H2,1-2H3,(H,9,12)(H,13,14,15);/q;+2/p-1/t6-;/m0./s1. The summed E-state index contributed by atoms with van der Waals surface area (Å²) in [6, 6.07) is 0. The number of rotatable bonds is 6. The number of carbonyl (C=O) groups is 1. The van der Waals surface area contributed by atoms with Crippen molar-refractivity contribution in [1.29, 1.82) is 0 Å². The molecule has 0 unspecified atom stereocenters. The topological polar surface area (TPSA) is 127 Å². The minimum Gasteiger partial charge on any atom is -0.748 e. The van der Waals surface area contributed by atoms with E-state index in [1.165, 1.54) is 13.8 Å². The molecule has 0 aromatic heterocycles. The van der Waals surface area contributed by atoms with Crippen LogP contribution < -0.4 is 5.32 Å². The number of hydrogen-bond acceptors (Lipinski definition) is 6. The summed E-state index contributed by atoms with van der Waals surface area (Å²) < 4.78 is 30.7. The fourth-order valence-electron chi connectivity index (χ4n) is 0.837. The first kappa shape index (κ1) is 19.9. The van der Waals surface area contributed by atoms with Crippen LogP contribution in [0.25, 0.3) is 0 Å². The zero-order valence-electron chi connectivity index (χ0n) is 9.84. The van der Waals surface area contributed by atoms with Crippen LogP contribution in [0.4, 0.5) is 0 Å². The Morgan fingerprint density at radius 1 is 1.47 bits per heavy atom. The average Bonchev–Trinajstić information content (AvgIpc) is 2.14. The normalized spacial score (nSPS) is 13.7. The second-order valence-electron chi connectivity index (χ2n) is 4.10. The molecule has 7 nitrogen and oxygen atoms in total. The van der Waals surface area contributed by atoms with Crippen molar-refractivity contribution in [2.45, 2.75) is 20.0 Å². The maximum atomic E-state index is 11.3. The molecule has 0 bridgehead atoms. The molecule has 96 valence electrons. The van der Waals surface area contributed by atoms with Gasteiger partial charge in [-0.15, -0.1) is 0 Å². The van der Waals surface area contributed by atoms with Gasteiger partial charge in [0, 0.05) is 12.0 Å². The summed E-state index contributed by atoms with van der Waals surface area (Å²) in [5.74, 6) is -1.55. The van der Waals surface area contributed by atoms with Gasteiger partial charge in [0.1, 0.15) is 6.10 Å². The first-order chi connectivity index (χ1) is 7.10. The SMILES string of the molecule is CC(C)(CO)[C@@H](O)C(=O)NCCS(=O)(=O)[O-].[Ca+2]. The van der Waals surface area contributed by atoms with Gasteiger partial charge in [-0.1, -0.05) is 13.8 Å². The van der Waals surface area contributed by atoms with Crippen molar-refractivity contribution in [2.75, 3.05) is 18.9 Å². The molecule has 9 heteroatoms. The van der Waals surface area contributed by atoms with Gasteiger partial charge in [-0.05, 0) is 0 Å². The van der Waals surface area contributed by atoms with Crippen molar-refractivity contribution in [3.63, 3.8) is 0 Å². The van der Waals surface area contributed by atoms with Gasteiger partial charge in [0.15, 0.2) is 0 Å². The van der Waals surface area contributed by atoms with Crippen LogP contribution in [0.15, 0.2) is 0 Å². The van der Waals surface area contributed by atoms with E-state index in [1.54, 1.807) is 0 Å². The summed E-state index contributed by atoms with van der Waals surface area (Å²) in [5, 5.41) is 20.5. The van der Waals surface area contributed by atoms with Crippen molar-refractivity contribution >= 4 is 53.8 Å². The Bertz CT molecular complexity index is 342. The molecule has 1 amide bonds. The molecule has 0 aliphatic heterocycles. The van der Waals surface area contributed by atoms with Crippen molar-refractivity contribution in [2.24, 2.45) is 5.41 Å². The number of hydrogen-bond donors (Lipinski definition) is 3. The van der Waals surface area contributed by atoms with Gasteiger partial charge in [-0.3, -0.25) is 4.79 Å². The Morgan fingerprint density at radius 3 is 2.29 bits per heavy atom. The van der Waals surface area contributed by atoms with Crippen molar-refractivity contribution < 1.29 is 28.0 Å². The predicted octanol–water partition coefficient (Wildman–Crippen LogP) is -2.35. The summed E-state index contributed by atoms with van der Waals surface area (Å²) in [4.78, 5) is 11.3. The predicted molar refractivity (Wildman–Crippen MR) is 60.2 cm³/mol. The van der Waals surface area contributed by atoms with Gasteiger partial charge in [0.25, 0.3) is 0 Å². The number of carbonyl (C=O) groups excluding carboxylic acids is 1. The molecule has 0 rings (SSSR count). The van der Waals surface area contributed by atoms with E-state index < -0.39 is 39.9 Å². The van der Waals surface area contributed by atoms with E-state index in [0.29, 0.717) is 0 Å². The Hall–Kier alpha value is 0.560. The van der Waals surface area contributed by atoms with Gasteiger partial charge < -0.3 is 20.1 Å². The Morgan fingerprint density at radius 2 is 1.94 bits per heavy atom. The van der Waals surface area contributed by atoms with Gasteiger partial charge in [0.05, 0.1) is 22.5 Å². The summed E-state index contributed by atoms with van der Waals surface area (Å²) in [7, 11) is -4.38. The number of aliphatic hydroxyl groups excluding tert-OH is 2. The van der Waals surface area contributed by atoms with Gasteiger partial charge in [-0.2, -0.15) is 0 Å². The smallest absolute Gasteiger partial charge is 0.748 e. The molecule has 0 spiro atoms. The van der Waals surface area contributed by atoms with Crippen LogP contribution in [0.3, 0.4) is 0 Å². The van der Waals surface area contributed by atoms with E-state index >= 15 is 0 Å². The molecule has 0 saturated heterocycles. The minimum atomic E-state index is -4.38. The fourth-order valence-corrected chi connectivity index (χ4v) is 1.19. The van der Waals surface area contributed by atoms with E-state index in [0.717, 1.165) is 0 Å². The minimum absolute atomic E-state index is 0. The molecule has 0 fully saturated rings. The number of aliphatic hydroxyl groups is 2. The third-order valence-electron chi connectivity index (χ3n) is 2.05. The zero-order chi connectivity index (χ0) is 13.0. The van der Waals surface area contributed by atoms with Gasteiger partial charge >= 0.3 is 37.7 Å². The van der Waals surface area contributed by atoms with Gasteiger partial charge in [-0.25, -0.2) is 8.42 Å². The molecule has 0 aromatic rings. The Balaban J connectivity index is 0. The fraction of sp³-hybridized carbons (Fsp3) is 0.875. The van der Waals surface area contributed by atoms with Crippen molar-refractivity contribution in [3.05, 3.63) is 0 Å². The summed E-state index contributed by atoms with van der Waals surface area (Å²) in [6.45, 7) is 2.19. The molecule has 0 heterocycles. The monoisotopic (exact) mass is 294 g/mol. The van der Waals surface area contributed by atoms with Crippen LogP contribution in [-0.4, -0.2) is 91.8 Å². The van der Waals surface area contributed by atoms with Crippen LogP contribution >= 0.6 is 0 Å². The maximum absolute atomic E-state index is 11.3. The zero-order valence-corrected chi connectivity index (χ0v) is 12.9. The second-order valence-corrected chi connectivity index (χ2v) is 5.63. The van der Waals surface area contributed by atoms with E-state index in [1.807, 2.05) is 0 Å². The van der Waals surface area contributed by atoms with E-state index in [2.05, 4.69) is 5.32 Å². The largest absolute Gasteiger partial charge is 2.00 e. The van der Waals surface area contributed by atoms with Crippen molar-refractivity contribution in [3.8, 4) is 0 Å². The molecule has 0 radical (unpaired) electrons. The molecule has 1 atom stereocenters. The number of amides is 1. The van der Waals surface area contributed by atoms with Crippen molar-refractivity contribution in [1.82, 2.24) is 5.32 Å². The van der Waals surface area contributed by atoms with Crippen LogP contribution in [0, 0.1) is 5.41 Å². The third-order valence-corrected chi connectivity index (χ3v) is 2.75. The van der Waals surface area contributed by atoms with E-state index in [-0.39, 0.29) is 44.3 Å². The third kappa shape index (κ3) is 8.30. The van der Waals surface area contributed by atoms with Crippen LogP contribution in [0.5, 0.6) is 0 Å². The van der Waals surface area contributed by atoms with E-state index in [9.17, 15) is 22.9 Å². The Labute approximate surface area is 130 Å². The molecular weight excluding hydrogens is 278 g/mol. The second kappa shape index (κ2) is 7.88. The molecule has 0 aliphatic carbocycles. The molecular formula is C8H16CaNO6S+. The van der Waals surface area contributed by atoms with Crippen LogP contribution in [-0.2, 0) is 14.9 Å². The number of nitrogens with one attached hydrogen (secondary N) is 1.